The molecule has 0 amide bonds. The molecule has 1 unspecified atom stereocenters. The van der Waals surface area contributed by atoms with Gasteiger partial charge >= 0.3 is 0 Å². The molecule has 0 aromatic carbocycles. The zero-order chi connectivity index (χ0) is 31.6. The van der Waals surface area contributed by atoms with Crippen LogP contribution < -0.4 is 17.0 Å². The van der Waals surface area contributed by atoms with E-state index >= 15 is 0 Å². The molecule has 2 heteroatoms. The van der Waals surface area contributed by atoms with Gasteiger partial charge in [0.15, 0.2) is 12.4 Å². The van der Waals surface area contributed by atoms with Crippen molar-refractivity contribution in [2.45, 2.75) is 225 Å². The summed E-state index contributed by atoms with van der Waals surface area (Å²) in [5, 5.41) is 0. The Hall–Kier alpha value is -0.820. The largest absolute Gasteiger partial charge is 1.00 e. The molecule has 0 spiro atoms. The van der Waals surface area contributed by atoms with Crippen molar-refractivity contribution in [1.82, 2.24) is 0 Å². The second-order valence-corrected chi connectivity index (χ2v) is 14.3. The number of aromatic nitrogens is 1. The number of pyridine rings is 1. The van der Waals surface area contributed by atoms with Crippen molar-refractivity contribution in [3.8, 4) is 0 Å². The van der Waals surface area contributed by atoms with Gasteiger partial charge in [-0.2, -0.15) is 0 Å². The Bertz CT molecular complexity index is 711. The lowest BCUT2D eigenvalue weighted by Crippen LogP contribution is -3.00. The first kappa shape index (κ1) is 44.2. The maximum Gasteiger partial charge on any atom is 0.168 e. The number of unbranched alkanes of at least 4 members (excludes halogenated alkanes) is 27. The Morgan fingerprint density at radius 1 is 0.444 bits per heavy atom. The summed E-state index contributed by atoms with van der Waals surface area (Å²) in [6.45, 7) is 4.61. The van der Waals surface area contributed by atoms with Crippen LogP contribution in [-0.2, 0) is 7.05 Å². The van der Waals surface area contributed by atoms with Crippen LogP contribution in [0.15, 0.2) is 36.7 Å². The highest BCUT2D eigenvalue weighted by molar-refractivity contribution is 5.13. The molecule has 1 atom stereocenters. The molecule has 0 saturated heterocycles. The molecule has 0 aliphatic heterocycles. The maximum atomic E-state index is 2.45. The molecule has 1 nitrogen and oxygen atoms in total. The van der Waals surface area contributed by atoms with Gasteiger partial charge < -0.3 is 12.4 Å². The third-order valence-corrected chi connectivity index (χ3v) is 9.95. The van der Waals surface area contributed by atoms with Gasteiger partial charge in [-0.25, -0.2) is 4.57 Å². The van der Waals surface area contributed by atoms with Gasteiger partial charge in [-0.1, -0.05) is 193 Å². The monoisotopic (exact) mass is 646 g/mol. The SMILES string of the molecule is CCCCCCCC/C=C/CCCCCCCCC(CCCCCCCCCCCCCCCCCC)c1cc[n+](C)cc1.[Cl-]. The average molecular weight is 647 g/mol. The zero-order valence-corrected chi connectivity index (χ0v) is 31.7. The van der Waals surface area contributed by atoms with Gasteiger partial charge in [0, 0.05) is 12.1 Å². The molecule has 1 rings (SSSR count). The lowest BCUT2D eigenvalue weighted by atomic mass is 9.88. The highest BCUT2D eigenvalue weighted by atomic mass is 35.5. The first-order chi connectivity index (χ1) is 21.8. The standard InChI is InChI=1S/C43H80N.ClH/c1-4-6-8-10-12-14-16-18-20-22-24-26-28-30-32-34-36-42(43-38-40-44(3)41-39-43)37-35-33-31-29-27-25-23-21-19-17-15-13-11-9-7-5-2;/h18,20,38-42H,4-17,19,21-37H2,1-3H3;1H/q+1;/p-1/b20-18+;. The number of hydrogen-bond donors (Lipinski definition) is 0. The third-order valence-electron chi connectivity index (χ3n) is 9.95. The molecule has 45 heavy (non-hydrogen) atoms. The molecule has 0 bridgehead atoms. The van der Waals surface area contributed by atoms with Crippen molar-refractivity contribution in [3.05, 3.63) is 42.2 Å². The number of allylic oxidation sites excluding steroid dienone is 2. The third kappa shape index (κ3) is 30.3. The predicted octanol–water partition coefficient (Wildman–Crippen LogP) is 11.7. The molecule has 0 N–H and O–H groups in total. The van der Waals surface area contributed by atoms with E-state index < -0.39 is 0 Å². The van der Waals surface area contributed by atoms with Gasteiger partial charge in [0.2, 0.25) is 0 Å². The van der Waals surface area contributed by atoms with Crippen LogP contribution >= 0.6 is 0 Å². The number of hydrogen-bond acceptors (Lipinski definition) is 0. The molecule has 0 aliphatic carbocycles. The van der Waals surface area contributed by atoms with E-state index in [0.29, 0.717) is 0 Å². The van der Waals surface area contributed by atoms with Gasteiger partial charge in [0.05, 0.1) is 0 Å². The van der Waals surface area contributed by atoms with Crippen molar-refractivity contribution in [3.63, 3.8) is 0 Å². The molecular formula is C43H80ClN. The van der Waals surface area contributed by atoms with Crippen molar-refractivity contribution in [2.75, 3.05) is 0 Å². The lowest BCUT2D eigenvalue weighted by molar-refractivity contribution is -0.671. The summed E-state index contributed by atoms with van der Waals surface area (Å²) < 4.78 is 2.18. The topological polar surface area (TPSA) is 3.88 Å². The second-order valence-electron chi connectivity index (χ2n) is 14.3. The molecule has 0 fully saturated rings. The summed E-state index contributed by atoms with van der Waals surface area (Å²) in [5.74, 6) is 0.764. The van der Waals surface area contributed by atoms with Crippen molar-refractivity contribution in [2.24, 2.45) is 7.05 Å². The molecule has 264 valence electrons. The molecule has 0 saturated carbocycles. The first-order valence-corrected chi connectivity index (χ1v) is 20.4. The summed E-state index contributed by atoms with van der Waals surface area (Å²) in [6.07, 6.45) is 55.0. The molecule has 1 aromatic heterocycles. The lowest BCUT2D eigenvalue weighted by Gasteiger charge is -2.17. The summed E-state index contributed by atoms with van der Waals surface area (Å²) in [5.41, 5.74) is 1.58. The Morgan fingerprint density at radius 2 is 0.733 bits per heavy atom. The van der Waals surface area contributed by atoms with Crippen LogP contribution in [0.2, 0.25) is 0 Å². The van der Waals surface area contributed by atoms with E-state index in [1.54, 1.807) is 5.56 Å². The van der Waals surface area contributed by atoms with Gasteiger partial charge in [-0.05, 0) is 50.0 Å². The van der Waals surface area contributed by atoms with Crippen molar-refractivity contribution >= 4 is 0 Å². The van der Waals surface area contributed by atoms with Gasteiger partial charge in [-0.15, -0.1) is 0 Å². The number of nitrogens with zero attached hydrogens (tertiary/aromatic N) is 1. The minimum Gasteiger partial charge on any atom is -1.00 e. The minimum absolute atomic E-state index is 0. The predicted molar refractivity (Wildman–Crippen MR) is 199 cm³/mol. The normalized spacial score (nSPS) is 12.2. The Morgan fingerprint density at radius 3 is 1.07 bits per heavy atom. The Labute approximate surface area is 290 Å². The minimum atomic E-state index is 0. The Kier molecular flexibility index (Phi) is 35.4. The van der Waals surface area contributed by atoms with Crippen molar-refractivity contribution in [1.29, 1.82) is 0 Å². The Balaban J connectivity index is 0.0000194. The van der Waals surface area contributed by atoms with Gasteiger partial charge in [0.25, 0.3) is 0 Å². The van der Waals surface area contributed by atoms with Crippen LogP contribution in [0.3, 0.4) is 0 Å². The zero-order valence-electron chi connectivity index (χ0n) is 31.0. The fraction of sp³-hybridized carbons (Fsp3) is 0.837. The van der Waals surface area contributed by atoms with Crippen LogP contribution in [0, 0.1) is 0 Å². The maximum absolute atomic E-state index is 2.45. The van der Waals surface area contributed by atoms with Crippen LogP contribution in [0.25, 0.3) is 0 Å². The van der Waals surface area contributed by atoms with Crippen LogP contribution in [0.5, 0.6) is 0 Å². The first-order valence-electron chi connectivity index (χ1n) is 20.4. The fourth-order valence-electron chi connectivity index (χ4n) is 6.84. The van der Waals surface area contributed by atoms with E-state index in [4.69, 9.17) is 0 Å². The van der Waals surface area contributed by atoms with Crippen LogP contribution in [0.4, 0.5) is 0 Å². The summed E-state index contributed by atoms with van der Waals surface area (Å²) in [7, 11) is 2.14. The van der Waals surface area contributed by atoms with E-state index in [-0.39, 0.29) is 12.4 Å². The molecule has 1 heterocycles. The summed E-state index contributed by atoms with van der Waals surface area (Å²) in [4.78, 5) is 0. The van der Waals surface area contributed by atoms with Gasteiger partial charge in [0.1, 0.15) is 7.05 Å². The number of rotatable bonds is 34. The van der Waals surface area contributed by atoms with E-state index in [0.717, 1.165) is 5.92 Å². The number of aryl methyl sites for hydroxylation is 1. The quantitative estimate of drug-likeness (QED) is 0.0399. The number of halogens is 1. The average Bonchev–Trinajstić information content (AvgIpc) is 3.03. The van der Waals surface area contributed by atoms with E-state index in [2.05, 4.69) is 62.1 Å². The molecular weight excluding hydrogens is 566 g/mol. The van der Waals surface area contributed by atoms with E-state index in [1.807, 2.05) is 0 Å². The smallest absolute Gasteiger partial charge is 0.168 e. The van der Waals surface area contributed by atoms with Crippen molar-refractivity contribution < 1.29 is 17.0 Å². The van der Waals surface area contributed by atoms with E-state index in [9.17, 15) is 0 Å². The van der Waals surface area contributed by atoms with E-state index in [1.165, 1.54) is 205 Å². The van der Waals surface area contributed by atoms with Crippen LogP contribution in [-0.4, -0.2) is 0 Å². The van der Waals surface area contributed by atoms with Gasteiger partial charge in [-0.3, -0.25) is 0 Å². The second kappa shape index (κ2) is 36.0. The molecule has 0 aliphatic rings. The highest BCUT2D eigenvalue weighted by Gasteiger charge is 2.12. The van der Waals surface area contributed by atoms with Crippen LogP contribution in [0.1, 0.15) is 231 Å². The molecule has 0 radical (unpaired) electrons. The highest BCUT2D eigenvalue weighted by Crippen LogP contribution is 2.28. The summed E-state index contributed by atoms with van der Waals surface area (Å²) in [6, 6.07) is 4.77. The molecule has 1 aromatic rings. The fourth-order valence-corrected chi connectivity index (χ4v) is 6.84. The summed E-state index contributed by atoms with van der Waals surface area (Å²) >= 11 is 0.